The van der Waals surface area contributed by atoms with Crippen molar-refractivity contribution < 1.29 is 13.9 Å². The highest BCUT2D eigenvalue weighted by Crippen LogP contribution is 2.46. The summed E-state index contributed by atoms with van der Waals surface area (Å²) in [6.07, 6.45) is 9.40. The molecule has 3 heterocycles. The normalized spacial score (nSPS) is 25.5. The Balaban J connectivity index is 1.33. The fraction of sp³-hybridized carbons (Fsp3) is 0.484. The van der Waals surface area contributed by atoms with E-state index >= 15 is 0 Å². The standard InChI is InChI=1S/C31H35FN6O2/c1-21(32)29(39)38-17-16-37(19-23(38)11-14-33)28-25-10-13-31(12-9-22-6-3-4-8-26(22)31)18-27(25)34-30(35-28)40-20-24-7-5-15-36(24)2/h3-4,6,8-9,12,23-24H,1,5,7,10-11,13,15-20H2,2H3. The van der Waals surface area contributed by atoms with Gasteiger partial charge in [-0.3, -0.25) is 4.79 Å². The van der Waals surface area contributed by atoms with E-state index in [1.807, 2.05) is 0 Å². The highest BCUT2D eigenvalue weighted by Gasteiger charge is 2.41. The average molecular weight is 543 g/mol. The number of carbonyl (C=O) groups excluding carboxylic acids is 1. The number of likely N-dealkylation sites (tertiary alicyclic amines) is 1. The molecule has 40 heavy (non-hydrogen) atoms. The molecular formula is C31H35FN6O2. The molecule has 208 valence electrons. The summed E-state index contributed by atoms with van der Waals surface area (Å²) in [5.74, 6) is -0.944. The summed E-state index contributed by atoms with van der Waals surface area (Å²) in [5.41, 5.74) is 4.58. The van der Waals surface area contributed by atoms with Crippen LogP contribution in [0.5, 0.6) is 6.01 Å². The van der Waals surface area contributed by atoms with Crippen molar-refractivity contribution in [3.63, 3.8) is 0 Å². The van der Waals surface area contributed by atoms with Gasteiger partial charge in [-0.05, 0) is 50.4 Å². The zero-order valence-electron chi connectivity index (χ0n) is 23.0. The van der Waals surface area contributed by atoms with Crippen LogP contribution in [0.1, 0.15) is 48.1 Å². The van der Waals surface area contributed by atoms with E-state index in [4.69, 9.17) is 14.7 Å². The number of hydrogen-bond acceptors (Lipinski definition) is 7. The van der Waals surface area contributed by atoms with E-state index in [0.29, 0.717) is 31.7 Å². The molecule has 1 aromatic heterocycles. The molecule has 2 aromatic rings. The van der Waals surface area contributed by atoms with Crippen molar-refractivity contribution >= 4 is 17.8 Å². The number of carbonyl (C=O) groups is 1. The first-order valence-corrected chi connectivity index (χ1v) is 14.2. The lowest BCUT2D eigenvalue weighted by atomic mass is 9.70. The Morgan fingerprint density at radius 2 is 2.10 bits per heavy atom. The fourth-order valence-electron chi connectivity index (χ4n) is 6.88. The molecule has 2 saturated heterocycles. The van der Waals surface area contributed by atoms with Gasteiger partial charge in [0.2, 0.25) is 0 Å². The lowest BCUT2D eigenvalue weighted by molar-refractivity contribution is -0.131. The van der Waals surface area contributed by atoms with Crippen LogP contribution in [0.4, 0.5) is 10.2 Å². The van der Waals surface area contributed by atoms with E-state index in [1.54, 1.807) is 0 Å². The first-order chi connectivity index (χ1) is 19.4. The molecule has 4 aliphatic rings. The summed E-state index contributed by atoms with van der Waals surface area (Å²) in [5, 5.41) is 9.46. The molecule has 1 spiro atoms. The van der Waals surface area contributed by atoms with Gasteiger partial charge in [0.05, 0.1) is 24.2 Å². The lowest BCUT2D eigenvalue weighted by Crippen LogP contribution is -2.55. The van der Waals surface area contributed by atoms with Gasteiger partial charge < -0.3 is 19.4 Å². The maximum atomic E-state index is 13.8. The van der Waals surface area contributed by atoms with Crippen LogP contribution in [0, 0.1) is 11.3 Å². The maximum Gasteiger partial charge on any atom is 0.318 e. The van der Waals surface area contributed by atoms with E-state index in [9.17, 15) is 14.4 Å². The Bertz CT molecular complexity index is 1400. The van der Waals surface area contributed by atoms with E-state index in [2.05, 4.69) is 65.9 Å². The third kappa shape index (κ3) is 4.75. The van der Waals surface area contributed by atoms with Crippen LogP contribution in [-0.2, 0) is 23.1 Å². The minimum Gasteiger partial charge on any atom is -0.462 e. The third-order valence-corrected chi connectivity index (χ3v) is 9.11. The van der Waals surface area contributed by atoms with Gasteiger partial charge in [0, 0.05) is 43.1 Å². The summed E-state index contributed by atoms with van der Waals surface area (Å²) in [6, 6.07) is 11.0. The van der Waals surface area contributed by atoms with Crippen molar-refractivity contribution in [1.82, 2.24) is 19.8 Å². The SMILES string of the molecule is C=C(F)C(=O)N1CCN(c2nc(OCC3CCCN3C)nc3c2CCC2(C=Cc4ccccc42)C3)CC1CC#N. The van der Waals surface area contributed by atoms with Crippen LogP contribution in [0.25, 0.3) is 6.08 Å². The number of benzene rings is 1. The van der Waals surface area contributed by atoms with E-state index in [0.717, 1.165) is 55.7 Å². The predicted octanol–water partition coefficient (Wildman–Crippen LogP) is 3.82. The predicted molar refractivity (Wildman–Crippen MR) is 151 cm³/mol. The number of anilines is 1. The molecule has 1 amide bonds. The van der Waals surface area contributed by atoms with Crippen molar-refractivity contribution in [1.29, 1.82) is 5.26 Å². The Kier molecular flexibility index (Phi) is 7.05. The molecule has 8 nitrogen and oxygen atoms in total. The zero-order chi connectivity index (χ0) is 27.9. The first kappa shape index (κ1) is 26.5. The highest BCUT2D eigenvalue weighted by atomic mass is 19.1. The number of fused-ring (bicyclic) bond motifs is 3. The van der Waals surface area contributed by atoms with Gasteiger partial charge in [-0.2, -0.15) is 15.2 Å². The number of aromatic nitrogens is 2. The first-order valence-electron chi connectivity index (χ1n) is 14.2. The Morgan fingerprint density at radius 1 is 1.25 bits per heavy atom. The van der Waals surface area contributed by atoms with Crippen LogP contribution < -0.4 is 9.64 Å². The van der Waals surface area contributed by atoms with Gasteiger partial charge in [-0.15, -0.1) is 0 Å². The molecule has 9 heteroatoms. The van der Waals surface area contributed by atoms with Gasteiger partial charge in [-0.1, -0.05) is 43.0 Å². The number of amides is 1. The second-order valence-electron chi connectivity index (χ2n) is 11.5. The summed E-state index contributed by atoms with van der Waals surface area (Å²) in [6.45, 7) is 5.92. The number of halogens is 1. The van der Waals surface area contributed by atoms with E-state index in [-0.39, 0.29) is 18.4 Å². The van der Waals surface area contributed by atoms with Crippen molar-refractivity contribution in [3.8, 4) is 12.1 Å². The summed E-state index contributed by atoms with van der Waals surface area (Å²) in [7, 11) is 2.12. The van der Waals surface area contributed by atoms with Crippen LogP contribution >= 0.6 is 0 Å². The minimum atomic E-state index is -1.00. The highest BCUT2D eigenvalue weighted by molar-refractivity contribution is 5.91. The van der Waals surface area contributed by atoms with Crippen molar-refractivity contribution in [2.24, 2.45) is 0 Å². The van der Waals surface area contributed by atoms with E-state index < -0.39 is 17.8 Å². The van der Waals surface area contributed by atoms with Crippen molar-refractivity contribution in [2.75, 3.05) is 44.7 Å². The van der Waals surface area contributed by atoms with Crippen LogP contribution in [0.15, 0.2) is 42.7 Å². The summed E-state index contributed by atoms with van der Waals surface area (Å²) >= 11 is 0. The third-order valence-electron chi connectivity index (χ3n) is 9.11. The Hall–Kier alpha value is -3.77. The zero-order valence-corrected chi connectivity index (χ0v) is 23.0. The molecule has 0 bridgehead atoms. The van der Waals surface area contributed by atoms with Crippen LogP contribution in [0.3, 0.4) is 0 Å². The second kappa shape index (κ2) is 10.7. The molecule has 2 aliphatic carbocycles. The molecule has 3 unspecified atom stereocenters. The Labute approximate surface area is 234 Å². The number of likely N-dealkylation sites (N-methyl/N-ethyl adjacent to an activating group) is 1. The molecule has 6 rings (SSSR count). The number of rotatable bonds is 6. The van der Waals surface area contributed by atoms with Crippen molar-refractivity contribution in [2.45, 2.75) is 56.0 Å². The number of ether oxygens (including phenoxy) is 1. The van der Waals surface area contributed by atoms with Crippen LogP contribution in [-0.4, -0.2) is 77.6 Å². The lowest BCUT2D eigenvalue weighted by Gasteiger charge is -2.42. The van der Waals surface area contributed by atoms with Gasteiger partial charge in [0.25, 0.3) is 5.91 Å². The van der Waals surface area contributed by atoms with Gasteiger partial charge in [0.1, 0.15) is 12.4 Å². The molecule has 0 radical (unpaired) electrons. The molecule has 0 saturated carbocycles. The largest absolute Gasteiger partial charge is 0.462 e. The van der Waals surface area contributed by atoms with E-state index in [1.165, 1.54) is 16.0 Å². The summed E-state index contributed by atoms with van der Waals surface area (Å²) < 4.78 is 20.0. The maximum absolute atomic E-state index is 13.8. The quantitative estimate of drug-likeness (QED) is 0.513. The van der Waals surface area contributed by atoms with Gasteiger partial charge >= 0.3 is 6.01 Å². The molecule has 0 N–H and O–H groups in total. The van der Waals surface area contributed by atoms with Crippen molar-refractivity contribution in [3.05, 3.63) is 65.1 Å². The average Bonchev–Trinajstić information content (AvgIpc) is 3.54. The number of nitrogens with zero attached hydrogens (tertiary/aromatic N) is 6. The number of piperazine rings is 1. The molecule has 2 aliphatic heterocycles. The number of allylic oxidation sites excluding steroid dienone is 1. The Morgan fingerprint density at radius 3 is 2.88 bits per heavy atom. The van der Waals surface area contributed by atoms with Gasteiger partial charge in [0.15, 0.2) is 5.83 Å². The number of hydrogen-bond donors (Lipinski definition) is 0. The van der Waals surface area contributed by atoms with Crippen LogP contribution in [0.2, 0.25) is 0 Å². The smallest absolute Gasteiger partial charge is 0.318 e. The molecule has 3 atom stereocenters. The number of nitriles is 1. The molecular weight excluding hydrogens is 507 g/mol. The monoisotopic (exact) mass is 542 g/mol. The fourth-order valence-corrected chi connectivity index (χ4v) is 6.88. The van der Waals surface area contributed by atoms with Gasteiger partial charge in [-0.25, -0.2) is 4.39 Å². The summed E-state index contributed by atoms with van der Waals surface area (Å²) in [4.78, 5) is 28.2. The second-order valence-corrected chi connectivity index (χ2v) is 11.5. The topological polar surface area (TPSA) is 85.6 Å². The molecule has 1 aromatic carbocycles. The minimum absolute atomic E-state index is 0.102. The molecule has 2 fully saturated rings.